The molecule has 1 aromatic carbocycles. The lowest BCUT2D eigenvalue weighted by molar-refractivity contribution is 0.0552. The number of benzene rings is 1. The molecule has 0 radical (unpaired) electrons. The van der Waals surface area contributed by atoms with Crippen LogP contribution in [0.1, 0.15) is 25.8 Å². The fraction of sp³-hybridized carbons (Fsp3) is 0.533. The Morgan fingerprint density at radius 3 is 2.82 bits per heavy atom. The molecule has 0 aliphatic carbocycles. The maximum atomic E-state index is 13.7. The molecular formula is C15H20F2N2O3. The molecule has 2 amide bonds. The average molecular weight is 314 g/mol. The third-order valence-electron chi connectivity index (χ3n) is 3.80. The normalized spacial score (nSPS) is 23.9. The van der Waals surface area contributed by atoms with Crippen LogP contribution in [0.2, 0.25) is 0 Å². The number of carbonyl (C=O) groups is 1. The van der Waals surface area contributed by atoms with Gasteiger partial charge in [0.05, 0.1) is 18.7 Å². The summed E-state index contributed by atoms with van der Waals surface area (Å²) in [7, 11) is 0. The van der Waals surface area contributed by atoms with E-state index in [2.05, 4.69) is 10.6 Å². The van der Waals surface area contributed by atoms with Crippen molar-refractivity contribution in [3.05, 3.63) is 35.4 Å². The molecule has 3 N–H and O–H groups in total. The second-order valence-electron chi connectivity index (χ2n) is 5.70. The van der Waals surface area contributed by atoms with Crippen LogP contribution in [0.3, 0.4) is 0 Å². The van der Waals surface area contributed by atoms with E-state index in [-0.39, 0.29) is 24.3 Å². The summed E-state index contributed by atoms with van der Waals surface area (Å²) in [5, 5.41) is 15.5. The number of hydrogen-bond acceptors (Lipinski definition) is 3. The Morgan fingerprint density at radius 1 is 1.50 bits per heavy atom. The van der Waals surface area contributed by atoms with E-state index in [1.807, 2.05) is 6.92 Å². The predicted molar refractivity (Wildman–Crippen MR) is 76.3 cm³/mol. The molecule has 1 aliphatic heterocycles. The van der Waals surface area contributed by atoms with Gasteiger partial charge in [0.15, 0.2) is 0 Å². The van der Waals surface area contributed by atoms with E-state index in [4.69, 9.17) is 4.74 Å². The van der Waals surface area contributed by atoms with Gasteiger partial charge in [0.2, 0.25) is 0 Å². The smallest absolute Gasteiger partial charge is 0.315 e. The van der Waals surface area contributed by atoms with Crippen LogP contribution >= 0.6 is 0 Å². The largest absolute Gasteiger partial charge is 0.383 e. The van der Waals surface area contributed by atoms with Gasteiger partial charge in [-0.2, -0.15) is 0 Å². The fourth-order valence-corrected chi connectivity index (χ4v) is 2.41. The van der Waals surface area contributed by atoms with Gasteiger partial charge in [-0.05, 0) is 26.3 Å². The van der Waals surface area contributed by atoms with Gasteiger partial charge in [0, 0.05) is 18.2 Å². The Bertz CT molecular complexity index is 552. The lowest BCUT2D eigenvalue weighted by atomic mass is 9.95. The first-order valence-corrected chi connectivity index (χ1v) is 7.13. The van der Waals surface area contributed by atoms with E-state index >= 15 is 0 Å². The van der Waals surface area contributed by atoms with Crippen molar-refractivity contribution in [2.24, 2.45) is 0 Å². The van der Waals surface area contributed by atoms with Gasteiger partial charge in [-0.25, -0.2) is 13.6 Å². The van der Waals surface area contributed by atoms with Gasteiger partial charge < -0.3 is 20.5 Å². The molecule has 5 nitrogen and oxygen atoms in total. The lowest BCUT2D eigenvalue weighted by Gasteiger charge is -2.25. The van der Waals surface area contributed by atoms with Crippen molar-refractivity contribution in [3.63, 3.8) is 0 Å². The summed E-state index contributed by atoms with van der Waals surface area (Å²) in [6, 6.07) is 2.36. The van der Waals surface area contributed by atoms with E-state index in [9.17, 15) is 18.7 Å². The lowest BCUT2D eigenvalue weighted by Crippen LogP contribution is -2.48. The molecule has 2 rings (SSSR count). The first kappa shape index (κ1) is 16.6. The molecular weight excluding hydrogens is 294 g/mol. The van der Waals surface area contributed by atoms with Gasteiger partial charge in [0.1, 0.15) is 17.2 Å². The van der Waals surface area contributed by atoms with Gasteiger partial charge in [-0.1, -0.05) is 6.07 Å². The first-order valence-electron chi connectivity index (χ1n) is 7.13. The van der Waals surface area contributed by atoms with Crippen molar-refractivity contribution < 1.29 is 23.4 Å². The molecule has 1 fully saturated rings. The minimum absolute atomic E-state index is 0.0687. The molecule has 0 saturated carbocycles. The standard InChI is InChI=1S/C15H20F2N2O3/c1-9-13(5-6-22-9)19-14(20)18-8-15(2,21)11-4-3-10(16)7-12(11)17/h3-4,7,9,13,21H,5-6,8H2,1-2H3,(H2,18,19,20). The van der Waals surface area contributed by atoms with Crippen LogP contribution in [0.5, 0.6) is 0 Å². The molecule has 22 heavy (non-hydrogen) atoms. The zero-order valence-electron chi connectivity index (χ0n) is 12.5. The molecule has 3 atom stereocenters. The highest BCUT2D eigenvalue weighted by molar-refractivity contribution is 5.74. The van der Waals surface area contributed by atoms with Crippen molar-refractivity contribution in [3.8, 4) is 0 Å². The molecule has 0 aromatic heterocycles. The van der Waals surface area contributed by atoms with Crippen molar-refractivity contribution in [2.45, 2.75) is 38.0 Å². The van der Waals surface area contributed by atoms with E-state index in [1.165, 1.54) is 6.92 Å². The van der Waals surface area contributed by atoms with E-state index in [0.717, 1.165) is 18.6 Å². The maximum absolute atomic E-state index is 13.7. The minimum Gasteiger partial charge on any atom is -0.383 e. The van der Waals surface area contributed by atoms with Crippen molar-refractivity contribution in [1.82, 2.24) is 10.6 Å². The van der Waals surface area contributed by atoms with E-state index in [1.54, 1.807) is 0 Å². The molecule has 3 unspecified atom stereocenters. The van der Waals surface area contributed by atoms with E-state index < -0.39 is 23.3 Å². The van der Waals surface area contributed by atoms with Crippen LogP contribution in [0, 0.1) is 11.6 Å². The van der Waals surface area contributed by atoms with Crippen LogP contribution < -0.4 is 10.6 Å². The summed E-state index contributed by atoms with van der Waals surface area (Å²) in [5.74, 6) is -1.58. The fourth-order valence-electron chi connectivity index (χ4n) is 2.41. The Morgan fingerprint density at radius 2 is 2.23 bits per heavy atom. The van der Waals surface area contributed by atoms with Crippen LogP contribution in [0.15, 0.2) is 18.2 Å². The summed E-state index contributed by atoms with van der Waals surface area (Å²) in [5.41, 5.74) is -1.72. The van der Waals surface area contributed by atoms with Crippen LogP contribution in [0.4, 0.5) is 13.6 Å². The van der Waals surface area contributed by atoms with Crippen LogP contribution in [-0.4, -0.2) is 36.4 Å². The topological polar surface area (TPSA) is 70.6 Å². The molecule has 1 aliphatic rings. The number of carbonyl (C=O) groups excluding carboxylic acids is 1. The maximum Gasteiger partial charge on any atom is 0.315 e. The van der Waals surface area contributed by atoms with Gasteiger partial charge in [-0.15, -0.1) is 0 Å². The number of amides is 2. The Balaban J connectivity index is 1.92. The molecule has 1 aromatic rings. The SMILES string of the molecule is CC1OCCC1NC(=O)NCC(C)(O)c1ccc(F)cc1F. The predicted octanol–water partition coefficient (Wildman–Crippen LogP) is 1.65. The number of ether oxygens (including phenoxy) is 1. The molecule has 1 heterocycles. The Kier molecular flexibility index (Phi) is 4.97. The van der Waals surface area contributed by atoms with Crippen LogP contribution in [0.25, 0.3) is 0 Å². The third-order valence-corrected chi connectivity index (χ3v) is 3.80. The highest BCUT2D eigenvalue weighted by Crippen LogP contribution is 2.23. The number of hydrogen-bond donors (Lipinski definition) is 3. The first-order chi connectivity index (χ1) is 10.3. The number of halogens is 2. The summed E-state index contributed by atoms with van der Waals surface area (Å²) >= 11 is 0. The van der Waals surface area contributed by atoms with Crippen molar-refractivity contribution >= 4 is 6.03 Å². The van der Waals surface area contributed by atoms with Gasteiger partial charge in [-0.3, -0.25) is 0 Å². The summed E-state index contributed by atoms with van der Waals surface area (Å²) in [6.07, 6.45) is 0.651. The molecule has 0 bridgehead atoms. The number of nitrogens with one attached hydrogen (secondary N) is 2. The summed E-state index contributed by atoms with van der Waals surface area (Å²) in [6.45, 7) is 3.60. The number of rotatable bonds is 4. The molecule has 0 spiro atoms. The summed E-state index contributed by atoms with van der Waals surface area (Å²) < 4.78 is 31.9. The molecule has 7 heteroatoms. The monoisotopic (exact) mass is 314 g/mol. The number of urea groups is 1. The Hall–Kier alpha value is -1.73. The average Bonchev–Trinajstić information content (AvgIpc) is 2.82. The highest BCUT2D eigenvalue weighted by Gasteiger charge is 2.29. The highest BCUT2D eigenvalue weighted by atomic mass is 19.1. The quantitative estimate of drug-likeness (QED) is 0.791. The van der Waals surface area contributed by atoms with E-state index in [0.29, 0.717) is 12.7 Å². The zero-order chi connectivity index (χ0) is 16.3. The van der Waals surface area contributed by atoms with Crippen molar-refractivity contribution in [1.29, 1.82) is 0 Å². The molecule has 1 saturated heterocycles. The number of aliphatic hydroxyl groups is 1. The third kappa shape index (κ3) is 3.92. The molecule has 122 valence electrons. The minimum atomic E-state index is -1.65. The van der Waals surface area contributed by atoms with Gasteiger partial charge in [0.25, 0.3) is 0 Å². The van der Waals surface area contributed by atoms with Crippen molar-refractivity contribution in [2.75, 3.05) is 13.2 Å². The second kappa shape index (κ2) is 6.58. The second-order valence-corrected chi connectivity index (χ2v) is 5.70. The zero-order valence-corrected chi connectivity index (χ0v) is 12.5. The van der Waals surface area contributed by atoms with Gasteiger partial charge >= 0.3 is 6.03 Å². The summed E-state index contributed by atoms with van der Waals surface area (Å²) in [4.78, 5) is 11.8. The Labute approximate surface area is 127 Å². The van der Waals surface area contributed by atoms with Crippen LogP contribution in [-0.2, 0) is 10.3 Å².